The normalized spacial score (nSPS) is 21.2. The van der Waals surface area contributed by atoms with Crippen LogP contribution in [-0.4, -0.2) is 55.7 Å². The molecule has 0 N–H and O–H groups in total. The van der Waals surface area contributed by atoms with Gasteiger partial charge in [-0.1, -0.05) is 60.7 Å². The minimum absolute atomic E-state index is 0.350. The van der Waals surface area contributed by atoms with Crippen LogP contribution >= 0.6 is 0 Å². The van der Waals surface area contributed by atoms with E-state index in [-0.39, 0.29) is 0 Å². The third kappa shape index (κ3) is 4.64. The summed E-state index contributed by atoms with van der Waals surface area (Å²) in [6, 6.07) is 29.3. The molecular weight excluding hydrogens is 408 g/mol. The summed E-state index contributed by atoms with van der Waals surface area (Å²) in [6.07, 6.45) is 2.56. The first kappa shape index (κ1) is 22.0. The molecule has 0 spiro atoms. The molecule has 4 nitrogen and oxygen atoms in total. The first-order valence-electron chi connectivity index (χ1n) is 12.1. The number of ether oxygens (including phenoxy) is 2. The summed E-state index contributed by atoms with van der Waals surface area (Å²) in [5.41, 5.74) is 4.00. The summed E-state index contributed by atoms with van der Waals surface area (Å²) in [6.45, 7) is 4.21. The monoisotopic (exact) mass is 442 g/mol. The summed E-state index contributed by atoms with van der Waals surface area (Å²) in [5.74, 6) is 2.17. The SMILES string of the molecule is COc1ccc(OC)c(CN2CC(C(c3ccccc3)c3ccccc3)N3CCC[C@H]3C2)c1. The fourth-order valence-electron chi connectivity index (χ4n) is 5.86. The number of methoxy groups -OCH3 is 2. The van der Waals surface area contributed by atoms with Gasteiger partial charge in [-0.25, -0.2) is 0 Å². The zero-order valence-electron chi connectivity index (χ0n) is 19.7. The Morgan fingerprint density at radius 2 is 1.55 bits per heavy atom. The molecule has 0 bridgehead atoms. The molecule has 2 atom stereocenters. The van der Waals surface area contributed by atoms with Gasteiger partial charge >= 0.3 is 0 Å². The molecule has 172 valence electrons. The molecule has 0 radical (unpaired) electrons. The highest BCUT2D eigenvalue weighted by Gasteiger charge is 2.41. The average molecular weight is 443 g/mol. The zero-order valence-corrected chi connectivity index (χ0v) is 19.7. The van der Waals surface area contributed by atoms with E-state index in [2.05, 4.69) is 76.5 Å². The maximum atomic E-state index is 5.69. The Labute approximate surface area is 197 Å². The van der Waals surface area contributed by atoms with Crippen LogP contribution < -0.4 is 9.47 Å². The number of fused-ring (bicyclic) bond motifs is 1. The lowest BCUT2D eigenvalue weighted by atomic mass is 9.82. The molecule has 5 rings (SSSR count). The van der Waals surface area contributed by atoms with Gasteiger partial charge in [-0.3, -0.25) is 9.80 Å². The highest BCUT2D eigenvalue weighted by atomic mass is 16.5. The summed E-state index contributed by atoms with van der Waals surface area (Å²) in [5, 5.41) is 0. The Bertz CT molecular complexity index is 1000. The van der Waals surface area contributed by atoms with Crippen molar-refractivity contribution in [3.05, 3.63) is 95.6 Å². The topological polar surface area (TPSA) is 24.9 Å². The van der Waals surface area contributed by atoms with Crippen LogP contribution in [0.5, 0.6) is 11.5 Å². The molecule has 2 aliphatic heterocycles. The summed E-state index contributed by atoms with van der Waals surface area (Å²) in [7, 11) is 3.48. The Balaban J connectivity index is 1.49. The average Bonchev–Trinajstić information content (AvgIpc) is 3.34. The van der Waals surface area contributed by atoms with Crippen molar-refractivity contribution in [2.24, 2.45) is 0 Å². The molecule has 0 aliphatic carbocycles. The highest BCUT2D eigenvalue weighted by molar-refractivity contribution is 5.40. The van der Waals surface area contributed by atoms with Gasteiger partial charge in [0.25, 0.3) is 0 Å². The molecule has 0 saturated carbocycles. The van der Waals surface area contributed by atoms with E-state index in [4.69, 9.17) is 9.47 Å². The van der Waals surface area contributed by atoms with Crippen LogP contribution in [0.1, 0.15) is 35.4 Å². The molecule has 1 unspecified atom stereocenters. The molecule has 0 aromatic heterocycles. The van der Waals surface area contributed by atoms with Gasteiger partial charge < -0.3 is 9.47 Å². The number of hydrogen-bond donors (Lipinski definition) is 0. The van der Waals surface area contributed by atoms with E-state index in [1.807, 2.05) is 12.1 Å². The third-order valence-corrected chi connectivity index (χ3v) is 7.35. The highest BCUT2D eigenvalue weighted by Crippen LogP contribution is 2.38. The minimum atomic E-state index is 0.350. The summed E-state index contributed by atoms with van der Waals surface area (Å²) < 4.78 is 11.2. The second kappa shape index (κ2) is 9.98. The van der Waals surface area contributed by atoms with Crippen molar-refractivity contribution >= 4 is 0 Å². The molecule has 2 aliphatic rings. The smallest absolute Gasteiger partial charge is 0.123 e. The van der Waals surface area contributed by atoms with Crippen molar-refractivity contribution in [1.82, 2.24) is 9.80 Å². The lowest BCUT2D eigenvalue weighted by Crippen LogP contribution is -2.57. The van der Waals surface area contributed by atoms with E-state index in [0.717, 1.165) is 31.1 Å². The van der Waals surface area contributed by atoms with Gasteiger partial charge in [-0.05, 0) is 48.7 Å². The lowest BCUT2D eigenvalue weighted by Gasteiger charge is -2.47. The van der Waals surface area contributed by atoms with E-state index in [1.165, 1.54) is 36.1 Å². The Morgan fingerprint density at radius 3 is 2.18 bits per heavy atom. The predicted octanol–water partition coefficient (Wildman–Crippen LogP) is 5.18. The number of nitrogens with zero attached hydrogens (tertiary/aromatic N) is 2. The van der Waals surface area contributed by atoms with Gasteiger partial charge in [-0.15, -0.1) is 0 Å². The number of rotatable bonds is 7. The molecule has 2 saturated heterocycles. The van der Waals surface area contributed by atoms with E-state index >= 15 is 0 Å². The predicted molar refractivity (Wildman–Crippen MR) is 133 cm³/mol. The van der Waals surface area contributed by atoms with Crippen LogP contribution in [0.15, 0.2) is 78.9 Å². The molecule has 0 amide bonds. The summed E-state index contributed by atoms with van der Waals surface area (Å²) >= 11 is 0. The van der Waals surface area contributed by atoms with Gasteiger partial charge in [-0.2, -0.15) is 0 Å². The Hall–Kier alpha value is -2.82. The Morgan fingerprint density at radius 1 is 0.848 bits per heavy atom. The first-order chi connectivity index (χ1) is 16.3. The minimum Gasteiger partial charge on any atom is -0.497 e. The van der Waals surface area contributed by atoms with Crippen LogP contribution in [-0.2, 0) is 6.54 Å². The largest absolute Gasteiger partial charge is 0.497 e. The zero-order chi connectivity index (χ0) is 22.6. The van der Waals surface area contributed by atoms with E-state index in [0.29, 0.717) is 18.0 Å². The Kier molecular flexibility index (Phi) is 6.65. The molecule has 2 heterocycles. The number of piperazine rings is 1. The fraction of sp³-hybridized carbons (Fsp3) is 0.379. The first-order valence-corrected chi connectivity index (χ1v) is 12.1. The maximum Gasteiger partial charge on any atom is 0.123 e. The van der Waals surface area contributed by atoms with Gasteiger partial charge in [0.1, 0.15) is 11.5 Å². The van der Waals surface area contributed by atoms with Crippen molar-refractivity contribution in [1.29, 1.82) is 0 Å². The van der Waals surface area contributed by atoms with Crippen molar-refractivity contribution in [2.75, 3.05) is 33.9 Å². The van der Waals surface area contributed by atoms with Gasteiger partial charge in [0.15, 0.2) is 0 Å². The van der Waals surface area contributed by atoms with E-state index in [9.17, 15) is 0 Å². The number of benzene rings is 3. The van der Waals surface area contributed by atoms with E-state index in [1.54, 1.807) is 14.2 Å². The molecule has 3 aromatic carbocycles. The van der Waals surface area contributed by atoms with Crippen LogP contribution in [0.25, 0.3) is 0 Å². The molecule has 2 fully saturated rings. The third-order valence-electron chi connectivity index (χ3n) is 7.35. The standard InChI is InChI=1S/C29H34N2O2/c1-32-26-15-16-28(33-2)24(18-26)19-30-20-25-14-9-17-31(25)27(21-30)29(22-10-5-3-6-11-22)23-12-7-4-8-13-23/h3-8,10-13,15-16,18,25,27,29H,9,14,17,19-21H2,1-2H3/t25-,27?/m0/s1. The second-order valence-corrected chi connectivity index (χ2v) is 9.27. The van der Waals surface area contributed by atoms with Crippen molar-refractivity contribution in [3.63, 3.8) is 0 Å². The fourth-order valence-corrected chi connectivity index (χ4v) is 5.86. The van der Waals surface area contributed by atoms with Crippen LogP contribution in [0.2, 0.25) is 0 Å². The van der Waals surface area contributed by atoms with Crippen LogP contribution in [0, 0.1) is 0 Å². The van der Waals surface area contributed by atoms with Crippen molar-refractivity contribution in [2.45, 2.75) is 37.4 Å². The molecule has 4 heteroatoms. The number of hydrogen-bond acceptors (Lipinski definition) is 4. The van der Waals surface area contributed by atoms with Crippen molar-refractivity contribution < 1.29 is 9.47 Å². The second-order valence-electron chi connectivity index (χ2n) is 9.27. The molecular formula is C29H34N2O2. The summed E-state index contributed by atoms with van der Waals surface area (Å²) in [4.78, 5) is 5.43. The lowest BCUT2D eigenvalue weighted by molar-refractivity contribution is 0.0380. The maximum absolute atomic E-state index is 5.69. The van der Waals surface area contributed by atoms with E-state index < -0.39 is 0 Å². The molecule has 33 heavy (non-hydrogen) atoms. The van der Waals surface area contributed by atoms with Gasteiger partial charge in [0.2, 0.25) is 0 Å². The van der Waals surface area contributed by atoms with Crippen LogP contribution in [0.3, 0.4) is 0 Å². The van der Waals surface area contributed by atoms with Gasteiger partial charge in [0.05, 0.1) is 14.2 Å². The quantitative estimate of drug-likeness (QED) is 0.503. The van der Waals surface area contributed by atoms with Crippen molar-refractivity contribution in [3.8, 4) is 11.5 Å². The van der Waals surface area contributed by atoms with Crippen LogP contribution in [0.4, 0.5) is 0 Å². The van der Waals surface area contributed by atoms with Gasteiger partial charge in [0, 0.05) is 43.2 Å². The molecule has 3 aromatic rings.